The van der Waals surface area contributed by atoms with Gasteiger partial charge < -0.3 is 15.0 Å². The summed E-state index contributed by atoms with van der Waals surface area (Å²) in [5.74, 6) is -0.479. The normalized spacial score (nSPS) is 17.9. The number of hydrogen-bond acceptors (Lipinski definition) is 6. The quantitative estimate of drug-likeness (QED) is 0.301. The Kier molecular flexibility index (Phi) is 6.01. The molecule has 4 rings (SSSR count). The van der Waals surface area contributed by atoms with Crippen LogP contribution in [0.25, 0.3) is 6.08 Å². The lowest BCUT2D eigenvalue weighted by Gasteiger charge is -2.28. The van der Waals surface area contributed by atoms with Crippen molar-refractivity contribution in [1.29, 1.82) is 0 Å². The molecule has 0 spiro atoms. The maximum atomic E-state index is 12.7. The van der Waals surface area contributed by atoms with Gasteiger partial charge in [-0.1, -0.05) is 34.1 Å². The molecule has 1 N–H and O–H groups in total. The Hall–Kier alpha value is -3.24. The van der Waals surface area contributed by atoms with E-state index >= 15 is 0 Å². The lowest BCUT2D eigenvalue weighted by molar-refractivity contribution is -0.384. The summed E-state index contributed by atoms with van der Waals surface area (Å²) in [6.07, 6.45) is 1.46. The number of carbonyl (C=O) groups is 2. The number of nitrogens with zero attached hydrogens (tertiary/aromatic N) is 3. The molecular formula is C21H19BrN4O5. The summed E-state index contributed by atoms with van der Waals surface area (Å²) < 4.78 is 6.21. The number of halogens is 1. The van der Waals surface area contributed by atoms with Crippen LogP contribution in [0.5, 0.6) is 0 Å². The molecule has 0 aliphatic carbocycles. The highest BCUT2D eigenvalue weighted by Crippen LogP contribution is 2.31. The van der Waals surface area contributed by atoms with Crippen molar-refractivity contribution in [3.8, 4) is 0 Å². The number of rotatable bonds is 5. The fraction of sp³-hybridized carbons (Fsp3) is 0.238. The third-order valence-corrected chi connectivity index (χ3v) is 5.60. The zero-order valence-corrected chi connectivity index (χ0v) is 18.0. The van der Waals surface area contributed by atoms with E-state index < -0.39 is 16.9 Å². The molecule has 0 bridgehead atoms. The molecule has 0 saturated carbocycles. The number of amides is 3. The van der Waals surface area contributed by atoms with Gasteiger partial charge in [-0.3, -0.25) is 19.8 Å². The van der Waals surface area contributed by atoms with Crippen molar-refractivity contribution in [3.05, 3.63) is 73.9 Å². The van der Waals surface area contributed by atoms with Gasteiger partial charge in [0.2, 0.25) is 0 Å². The summed E-state index contributed by atoms with van der Waals surface area (Å²) in [7, 11) is 0. The SMILES string of the molecule is O=C1NC(=Cc2ccc(N3CCOCC3)c([N+](=O)[O-])c2)C(=O)N1Cc1ccc(Br)cc1. The molecule has 2 saturated heterocycles. The van der Waals surface area contributed by atoms with E-state index in [4.69, 9.17) is 4.74 Å². The zero-order chi connectivity index (χ0) is 22.0. The van der Waals surface area contributed by atoms with Crippen LogP contribution in [0, 0.1) is 10.1 Å². The van der Waals surface area contributed by atoms with Gasteiger partial charge in [0.1, 0.15) is 11.4 Å². The molecule has 9 nitrogen and oxygen atoms in total. The Morgan fingerprint density at radius 3 is 2.52 bits per heavy atom. The van der Waals surface area contributed by atoms with Gasteiger partial charge in [0.15, 0.2) is 0 Å². The van der Waals surface area contributed by atoms with Crippen molar-refractivity contribution in [2.45, 2.75) is 6.54 Å². The summed E-state index contributed by atoms with van der Waals surface area (Å²) in [6.45, 7) is 2.29. The van der Waals surface area contributed by atoms with Gasteiger partial charge in [-0.2, -0.15) is 0 Å². The molecule has 0 radical (unpaired) electrons. The molecule has 0 unspecified atom stereocenters. The van der Waals surface area contributed by atoms with Crippen LogP contribution in [0.3, 0.4) is 0 Å². The zero-order valence-electron chi connectivity index (χ0n) is 16.4. The van der Waals surface area contributed by atoms with E-state index in [-0.39, 0.29) is 17.9 Å². The van der Waals surface area contributed by atoms with E-state index in [2.05, 4.69) is 21.2 Å². The number of hydrogen-bond donors (Lipinski definition) is 1. The summed E-state index contributed by atoms with van der Waals surface area (Å²) in [4.78, 5) is 39.2. The molecule has 3 amide bonds. The van der Waals surface area contributed by atoms with Crippen molar-refractivity contribution >= 4 is 45.3 Å². The second kappa shape index (κ2) is 8.86. The number of carbonyl (C=O) groups excluding carboxylic acids is 2. The molecule has 2 fully saturated rings. The number of imide groups is 1. The number of ether oxygens (including phenoxy) is 1. The Labute approximate surface area is 186 Å². The molecule has 160 valence electrons. The van der Waals surface area contributed by atoms with Crippen molar-refractivity contribution in [3.63, 3.8) is 0 Å². The molecule has 2 aromatic carbocycles. The molecule has 0 atom stereocenters. The highest BCUT2D eigenvalue weighted by Gasteiger charge is 2.33. The maximum absolute atomic E-state index is 12.7. The standard InChI is InChI=1S/C21H19BrN4O5/c22-16-4-1-14(2-5-16)13-25-20(27)17(23-21(25)28)11-15-3-6-18(19(12-15)26(29)30)24-7-9-31-10-8-24/h1-6,11-12H,7-10,13H2,(H,23,28). The Morgan fingerprint density at radius 1 is 1.13 bits per heavy atom. The third-order valence-electron chi connectivity index (χ3n) is 5.08. The van der Waals surface area contributed by atoms with Crippen LogP contribution in [0.2, 0.25) is 0 Å². The summed E-state index contributed by atoms with van der Waals surface area (Å²) in [6, 6.07) is 11.5. The molecular weight excluding hydrogens is 468 g/mol. The number of nitrogens with one attached hydrogen (secondary N) is 1. The van der Waals surface area contributed by atoms with Crippen molar-refractivity contribution < 1.29 is 19.2 Å². The van der Waals surface area contributed by atoms with Gasteiger partial charge in [-0.25, -0.2) is 4.79 Å². The van der Waals surface area contributed by atoms with Gasteiger partial charge in [-0.15, -0.1) is 0 Å². The van der Waals surface area contributed by atoms with Crippen LogP contribution in [-0.2, 0) is 16.1 Å². The predicted molar refractivity (Wildman–Crippen MR) is 117 cm³/mol. The molecule has 31 heavy (non-hydrogen) atoms. The minimum atomic E-state index is -0.529. The molecule has 10 heteroatoms. The highest BCUT2D eigenvalue weighted by molar-refractivity contribution is 9.10. The smallest absolute Gasteiger partial charge is 0.329 e. The Bertz CT molecular complexity index is 1060. The van der Waals surface area contributed by atoms with E-state index in [1.54, 1.807) is 12.1 Å². The number of benzene rings is 2. The van der Waals surface area contributed by atoms with Gasteiger partial charge in [0.05, 0.1) is 24.7 Å². The van der Waals surface area contributed by atoms with E-state index in [0.717, 1.165) is 14.9 Å². The third kappa shape index (κ3) is 4.59. The summed E-state index contributed by atoms with van der Waals surface area (Å²) in [5, 5.41) is 14.2. The van der Waals surface area contributed by atoms with E-state index in [1.165, 1.54) is 12.1 Å². The second-order valence-corrected chi connectivity index (χ2v) is 8.03. The van der Waals surface area contributed by atoms with Gasteiger partial charge in [0.25, 0.3) is 11.6 Å². The monoisotopic (exact) mass is 486 g/mol. The maximum Gasteiger partial charge on any atom is 0.329 e. The fourth-order valence-electron chi connectivity index (χ4n) is 3.50. The van der Waals surface area contributed by atoms with Gasteiger partial charge in [-0.05, 0) is 35.4 Å². The van der Waals surface area contributed by atoms with E-state index in [1.807, 2.05) is 29.2 Å². The molecule has 2 aliphatic rings. The number of nitro groups is 1. The first-order chi connectivity index (χ1) is 14.9. The lowest BCUT2D eigenvalue weighted by atomic mass is 10.1. The number of anilines is 1. The number of urea groups is 1. The topological polar surface area (TPSA) is 105 Å². The molecule has 2 aliphatic heterocycles. The first kappa shape index (κ1) is 21.0. The van der Waals surface area contributed by atoms with E-state index in [9.17, 15) is 19.7 Å². The Balaban J connectivity index is 1.57. The molecule has 2 heterocycles. The predicted octanol–water partition coefficient (Wildman–Crippen LogP) is 3.29. The average Bonchev–Trinajstić information content (AvgIpc) is 3.03. The minimum absolute atomic E-state index is 0.0558. The molecule has 2 aromatic rings. The Morgan fingerprint density at radius 2 is 1.84 bits per heavy atom. The van der Waals surface area contributed by atoms with Crippen molar-refractivity contribution in [2.75, 3.05) is 31.2 Å². The average molecular weight is 487 g/mol. The molecule has 0 aromatic heterocycles. The van der Waals surface area contributed by atoms with Crippen LogP contribution in [0.1, 0.15) is 11.1 Å². The van der Waals surface area contributed by atoms with Crippen molar-refractivity contribution in [2.24, 2.45) is 0 Å². The first-order valence-electron chi connectivity index (χ1n) is 9.62. The fourth-order valence-corrected chi connectivity index (χ4v) is 3.77. The summed E-state index contributed by atoms with van der Waals surface area (Å²) in [5.41, 5.74) is 1.79. The van der Waals surface area contributed by atoms with Crippen LogP contribution in [0.15, 0.2) is 52.6 Å². The van der Waals surface area contributed by atoms with Crippen LogP contribution in [-0.4, -0.2) is 48.1 Å². The summed E-state index contributed by atoms with van der Waals surface area (Å²) >= 11 is 3.35. The van der Waals surface area contributed by atoms with Crippen LogP contribution < -0.4 is 10.2 Å². The highest BCUT2D eigenvalue weighted by atomic mass is 79.9. The van der Waals surface area contributed by atoms with Crippen LogP contribution >= 0.6 is 15.9 Å². The van der Waals surface area contributed by atoms with Gasteiger partial charge >= 0.3 is 6.03 Å². The van der Waals surface area contributed by atoms with Crippen molar-refractivity contribution in [1.82, 2.24) is 10.2 Å². The number of morpholine rings is 1. The minimum Gasteiger partial charge on any atom is -0.378 e. The second-order valence-electron chi connectivity index (χ2n) is 7.11. The van der Waals surface area contributed by atoms with E-state index in [0.29, 0.717) is 37.6 Å². The van der Waals surface area contributed by atoms with Crippen LogP contribution in [0.4, 0.5) is 16.2 Å². The lowest BCUT2D eigenvalue weighted by Crippen LogP contribution is -2.36. The number of nitro benzene ring substituents is 1. The first-order valence-corrected chi connectivity index (χ1v) is 10.4. The van der Waals surface area contributed by atoms with Gasteiger partial charge in [0, 0.05) is 23.6 Å². The largest absolute Gasteiger partial charge is 0.378 e.